The fraction of sp³-hybridized carbons (Fsp3) is 0.600. The highest BCUT2D eigenvalue weighted by atomic mass is 79.9. The van der Waals surface area contributed by atoms with Crippen molar-refractivity contribution in [2.45, 2.75) is 32.7 Å². The summed E-state index contributed by atoms with van der Waals surface area (Å²) in [5.41, 5.74) is 1.36. The van der Waals surface area contributed by atoms with Gasteiger partial charge in [-0.1, -0.05) is 35.8 Å². The van der Waals surface area contributed by atoms with Gasteiger partial charge in [-0.15, -0.1) is 0 Å². The van der Waals surface area contributed by atoms with Crippen molar-refractivity contribution in [2.24, 2.45) is 11.8 Å². The van der Waals surface area contributed by atoms with Crippen molar-refractivity contribution in [1.29, 1.82) is 0 Å². The zero-order valence-corrected chi connectivity index (χ0v) is 13.0. The summed E-state index contributed by atoms with van der Waals surface area (Å²) in [6.07, 6.45) is 2.51. The number of benzene rings is 1. The van der Waals surface area contributed by atoms with Gasteiger partial charge in [0.25, 0.3) is 0 Å². The summed E-state index contributed by atoms with van der Waals surface area (Å²) in [6, 6.07) is 6.76. The third-order valence-corrected chi connectivity index (χ3v) is 4.44. The maximum Gasteiger partial charge on any atom is 0.120 e. The molecule has 1 aliphatic carbocycles. The molecule has 3 unspecified atom stereocenters. The first-order valence-electron chi connectivity index (χ1n) is 6.74. The molecular weight excluding hydrogens is 290 g/mol. The molecule has 0 aromatic heterocycles. The molecule has 1 aliphatic rings. The van der Waals surface area contributed by atoms with Crippen LogP contribution in [0.25, 0.3) is 0 Å². The van der Waals surface area contributed by atoms with E-state index in [0.29, 0.717) is 6.04 Å². The van der Waals surface area contributed by atoms with E-state index < -0.39 is 0 Å². The number of ether oxygens (including phenoxy) is 1. The number of hydrogen-bond donors (Lipinski definition) is 1. The molecule has 3 atom stereocenters. The summed E-state index contributed by atoms with van der Waals surface area (Å²) in [6.45, 7) is 5.62. The second-order valence-electron chi connectivity index (χ2n) is 5.20. The highest BCUT2D eigenvalue weighted by Crippen LogP contribution is 2.48. The van der Waals surface area contributed by atoms with Crippen molar-refractivity contribution in [3.05, 3.63) is 28.2 Å². The Morgan fingerprint density at radius 2 is 2.22 bits per heavy atom. The number of halogens is 1. The molecule has 0 aliphatic heterocycles. The van der Waals surface area contributed by atoms with E-state index in [-0.39, 0.29) is 0 Å². The minimum absolute atomic E-state index is 0.472. The summed E-state index contributed by atoms with van der Waals surface area (Å²) >= 11 is 3.68. The van der Waals surface area contributed by atoms with Crippen LogP contribution in [0.4, 0.5) is 0 Å². The van der Waals surface area contributed by atoms with Gasteiger partial charge in [0.2, 0.25) is 0 Å². The molecular formula is C15H22BrNO. The quantitative estimate of drug-likeness (QED) is 0.852. The van der Waals surface area contributed by atoms with Gasteiger partial charge in [0, 0.05) is 10.5 Å². The van der Waals surface area contributed by atoms with Gasteiger partial charge in [0.1, 0.15) is 5.75 Å². The zero-order chi connectivity index (χ0) is 13.1. The lowest BCUT2D eigenvalue weighted by molar-refractivity contribution is 0.413. The molecule has 1 N–H and O–H groups in total. The maximum atomic E-state index is 5.26. The van der Waals surface area contributed by atoms with Crippen LogP contribution in [0.3, 0.4) is 0 Å². The van der Waals surface area contributed by atoms with Crippen molar-refractivity contribution in [3.63, 3.8) is 0 Å². The van der Waals surface area contributed by atoms with E-state index in [9.17, 15) is 0 Å². The second kappa shape index (κ2) is 6.07. The van der Waals surface area contributed by atoms with E-state index in [1.54, 1.807) is 7.11 Å². The van der Waals surface area contributed by atoms with E-state index >= 15 is 0 Å². The fourth-order valence-electron chi connectivity index (χ4n) is 2.49. The normalized spacial score (nSPS) is 23.8. The van der Waals surface area contributed by atoms with E-state index in [2.05, 4.69) is 47.2 Å². The number of methoxy groups -OCH3 is 1. The molecule has 1 aromatic carbocycles. The highest BCUT2D eigenvalue weighted by molar-refractivity contribution is 9.10. The molecule has 2 nitrogen and oxygen atoms in total. The van der Waals surface area contributed by atoms with Crippen molar-refractivity contribution >= 4 is 15.9 Å². The predicted octanol–water partition coefficient (Wildman–Crippen LogP) is 4.15. The van der Waals surface area contributed by atoms with Gasteiger partial charge in [-0.25, -0.2) is 0 Å². The van der Waals surface area contributed by atoms with Gasteiger partial charge >= 0.3 is 0 Å². The Labute approximate surface area is 118 Å². The Morgan fingerprint density at radius 3 is 2.72 bits per heavy atom. The molecule has 0 heterocycles. The van der Waals surface area contributed by atoms with E-state index in [4.69, 9.17) is 4.74 Å². The Morgan fingerprint density at radius 1 is 1.50 bits per heavy atom. The smallest absolute Gasteiger partial charge is 0.120 e. The Kier molecular flexibility index (Phi) is 4.68. The monoisotopic (exact) mass is 311 g/mol. The largest absolute Gasteiger partial charge is 0.497 e. The average Bonchev–Trinajstić information content (AvgIpc) is 3.08. The second-order valence-corrected chi connectivity index (χ2v) is 6.05. The molecule has 18 heavy (non-hydrogen) atoms. The van der Waals surface area contributed by atoms with Crippen LogP contribution in [0, 0.1) is 11.8 Å². The van der Waals surface area contributed by atoms with Crippen LogP contribution in [-0.2, 0) is 0 Å². The van der Waals surface area contributed by atoms with Crippen LogP contribution in [-0.4, -0.2) is 13.7 Å². The molecule has 1 saturated carbocycles. The van der Waals surface area contributed by atoms with Crippen LogP contribution in [0.2, 0.25) is 0 Å². The predicted molar refractivity (Wildman–Crippen MR) is 79.0 cm³/mol. The molecule has 0 spiro atoms. The van der Waals surface area contributed by atoms with Crippen LogP contribution in [0.15, 0.2) is 22.7 Å². The molecule has 0 radical (unpaired) electrons. The van der Waals surface area contributed by atoms with Crippen molar-refractivity contribution in [3.8, 4) is 5.75 Å². The first-order valence-corrected chi connectivity index (χ1v) is 7.53. The number of hydrogen-bond acceptors (Lipinski definition) is 2. The summed E-state index contributed by atoms with van der Waals surface area (Å²) in [5, 5.41) is 3.69. The molecule has 3 heteroatoms. The van der Waals surface area contributed by atoms with Crippen molar-refractivity contribution in [1.82, 2.24) is 5.32 Å². The summed E-state index contributed by atoms with van der Waals surface area (Å²) in [7, 11) is 1.71. The Balaban J connectivity index is 2.19. The third-order valence-electron chi connectivity index (χ3n) is 3.76. The molecule has 1 aromatic rings. The van der Waals surface area contributed by atoms with Gasteiger partial charge in [-0.05, 0) is 48.9 Å². The third kappa shape index (κ3) is 3.07. The minimum Gasteiger partial charge on any atom is -0.497 e. The molecule has 100 valence electrons. The molecule has 0 saturated heterocycles. The van der Waals surface area contributed by atoms with Crippen molar-refractivity contribution in [2.75, 3.05) is 13.7 Å². The lowest BCUT2D eigenvalue weighted by Gasteiger charge is -2.21. The van der Waals surface area contributed by atoms with Gasteiger partial charge in [0.15, 0.2) is 0 Å². The first-order chi connectivity index (χ1) is 8.67. The van der Waals surface area contributed by atoms with Crippen molar-refractivity contribution < 1.29 is 4.74 Å². The first kappa shape index (κ1) is 13.9. The van der Waals surface area contributed by atoms with Crippen LogP contribution < -0.4 is 10.1 Å². The standard InChI is InChI=1S/C15H22BrNO/c1-4-7-17-15(13-8-10(13)2)12-6-5-11(18-3)9-14(12)16/h5-6,9-10,13,15,17H,4,7-8H2,1-3H3. The van der Waals surface area contributed by atoms with Crippen LogP contribution in [0.1, 0.15) is 38.3 Å². The van der Waals surface area contributed by atoms with Crippen LogP contribution in [0.5, 0.6) is 5.75 Å². The van der Waals surface area contributed by atoms with E-state index in [0.717, 1.165) is 28.6 Å². The van der Waals surface area contributed by atoms with Gasteiger partial charge < -0.3 is 10.1 Å². The van der Waals surface area contributed by atoms with Crippen LogP contribution >= 0.6 is 15.9 Å². The van der Waals surface area contributed by atoms with E-state index in [1.165, 1.54) is 18.4 Å². The lowest BCUT2D eigenvalue weighted by atomic mass is 10.0. The summed E-state index contributed by atoms with van der Waals surface area (Å²) in [5.74, 6) is 2.53. The number of nitrogens with one attached hydrogen (secondary N) is 1. The lowest BCUT2D eigenvalue weighted by Crippen LogP contribution is -2.24. The average molecular weight is 312 g/mol. The Hall–Kier alpha value is -0.540. The summed E-state index contributed by atoms with van der Waals surface area (Å²) < 4.78 is 6.41. The molecule has 0 amide bonds. The minimum atomic E-state index is 0.472. The molecule has 1 fully saturated rings. The SMILES string of the molecule is CCCNC(c1ccc(OC)cc1Br)C1CC1C. The topological polar surface area (TPSA) is 21.3 Å². The maximum absolute atomic E-state index is 5.26. The fourth-order valence-corrected chi connectivity index (χ4v) is 3.10. The van der Waals surface area contributed by atoms with E-state index in [1.807, 2.05) is 6.07 Å². The molecule has 0 bridgehead atoms. The van der Waals surface area contributed by atoms with Gasteiger partial charge in [-0.3, -0.25) is 0 Å². The summed E-state index contributed by atoms with van der Waals surface area (Å²) in [4.78, 5) is 0. The highest BCUT2D eigenvalue weighted by Gasteiger charge is 2.40. The molecule has 2 rings (SSSR count). The van der Waals surface area contributed by atoms with Gasteiger partial charge in [-0.2, -0.15) is 0 Å². The number of rotatable bonds is 6. The zero-order valence-electron chi connectivity index (χ0n) is 11.4. The van der Waals surface area contributed by atoms with Gasteiger partial charge in [0.05, 0.1) is 7.11 Å². The Bertz CT molecular complexity index is 407.